The van der Waals surface area contributed by atoms with E-state index < -0.39 is 12.3 Å². The second-order valence-electron chi connectivity index (χ2n) is 6.47. The summed E-state index contributed by atoms with van der Waals surface area (Å²) >= 11 is 6.36. The molecule has 5 nitrogen and oxygen atoms in total. The van der Waals surface area contributed by atoms with E-state index in [9.17, 15) is 18.0 Å². The number of ether oxygens (including phenoxy) is 2. The van der Waals surface area contributed by atoms with E-state index in [4.69, 9.17) is 16.3 Å². The van der Waals surface area contributed by atoms with E-state index in [2.05, 4.69) is 15.0 Å². The second kappa shape index (κ2) is 9.47. The van der Waals surface area contributed by atoms with Crippen molar-refractivity contribution < 1.29 is 27.4 Å². The van der Waals surface area contributed by atoms with Gasteiger partial charge in [0.05, 0.1) is 19.3 Å². The summed E-state index contributed by atoms with van der Waals surface area (Å²) in [7, 11) is 0. The number of nitrogens with zero attached hydrogens (tertiary/aromatic N) is 1. The molecule has 1 fully saturated rings. The molecular weight excluding hydrogens is 409 g/mol. The highest BCUT2D eigenvalue weighted by molar-refractivity contribution is 6.31. The lowest BCUT2D eigenvalue weighted by molar-refractivity contribution is -0.274. The van der Waals surface area contributed by atoms with Crippen LogP contribution >= 0.6 is 11.6 Å². The van der Waals surface area contributed by atoms with Crippen molar-refractivity contribution in [2.45, 2.75) is 12.4 Å². The van der Waals surface area contributed by atoms with Crippen LogP contribution in [0.15, 0.2) is 48.5 Å². The first-order chi connectivity index (χ1) is 13.8. The van der Waals surface area contributed by atoms with Gasteiger partial charge in [-0.25, -0.2) is 0 Å². The van der Waals surface area contributed by atoms with Gasteiger partial charge in [0, 0.05) is 30.2 Å². The van der Waals surface area contributed by atoms with Crippen molar-refractivity contribution >= 4 is 17.5 Å². The van der Waals surface area contributed by atoms with Gasteiger partial charge >= 0.3 is 6.36 Å². The fourth-order valence-corrected chi connectivity index (χ4v) is 3.43. The molecule has 1 atom stereocenters. The van der Waals surface area contributed by atoms with Gasteiger partial charge in [-0.2, -0.15) is 0 Å². The Labute approximate surface area is 171 Å². The summed E-state index contributed by atoms with van der Waals surface area (Å²) < 4.78 is 46.0. The Morgan fingerprint density at radius 2 is 1.79 bits per heavy atom. The monoisotopic (exact) mass is 428 g/mol. The number of alkyl halides is 3. The third-order valence-corrected chi connectivity index (χ3v) is 4.90. The van der Waals surface area contributed by atoms with Crippen LogP contribution in [0.5, 0.6) is 5.75 Å². The van der Waals surface area contributed by atoms with Crippen LogP contribution in [0.1, 0.15) is 22.0 Å². The number of benzene rings is 2. The molecule has 29 heavy (non-hydrogen) atoms. The van der Waals surface area contributed by atoms with Crippen LogP contribution in [0.25, 0.3) is 0 Å². The lowest BCUT2D eigenvalue weighted by atomic mass is 10.0. The zero-order valence-corrected chi connectivity index (χ0v) is 16.2. The number of halogens is 4. The maximum absolute atomic E-state index is 12.5. The lowest BCUT2D eigenvalue weighted by Crippen LogP contribution is -2.44. The summed E-state index contributed by atoms with van der Waals surface area (Å²) in [4.78, 5) is 14.7. The fourth-order valence-electron chi connectivity index (χ4n) is 3.17. The molecule has 0 saturated carbocycles. The van der Waals surface area contributed by atoms with Gasteiger partial charge in [0.25, 0.3) is 5.91 Å². The van der Waals surface area contributed by atoms with Crippen LogP contribution in [0, 0.1) is 0 Å². The minimum absolute atomic E-state index is 0.149. The number of morpholine rings is 1. The molecule has 0 aliphatic carbocycles. The largest absolute Gasteiger partial charge is 0.573 e. The molecular formula is C20H20ClF3N2O3. The number of carbonyl (C=O) groups excluding carboxylic acids is 1. The first-order valence-electron chi connectivity index (χ1n) is 9.04. The first-order valence-corrected chi connectivity index (χ1v) is 9.41. The standard InChI is InChI=1S/C20H20ClF3N2O3/c21-17-4-2-1-3-16(17)18(26-9-11-28-12-10-26)13-25-19(27)14-5-7-15(8-6-14)29-20(22,23)24/h1-8,18H,9-13H2,(H,25,27). The van der Waals surface area contributed by atoms with Crippen molar-refractivity contribution in [2.75, 3.05) is 32.8 Å². The van der Waals surface area contributed by atoms with Crippen LogP contribution in [-0.2, 0) is 4.74 Å². The summed E-state index contributed by atoms with van der Waals surface area (Å²) in [5.41, 5.74) is 1.13. The molecule has 1 unspecified atom stereocenters. The van der Waals surface area contributed by atoms with Crippen LogP contribution in [0.2, 0.25) is 5.02 Å². The van der Waals surface area contributed by atoms with E-state index in [1.807, 2.05) is 18.2 Å². The zero-order chi connectivity index (χ0) is 20.9. The van der Waals surface area contributed by atoms with Crippen LogP contribution < -0.4 is 10.1 Å². The minimum atomic E-state index is -4.77. The molecule has 2 aromatic rings. The lowest BCUT2D eigenvalue weighted by Gasteiger charge is -2.35. The van der Waals surface area contributed by atoms with Crippen molar-refractivity contribution in [3.05, 3.63) is 64.7 Å². The molecule has 0 spiro atoms. The van der Waals surface area contributed by atoms with E-state index in [-0.39, 0.29) is 17.4 Å². The Morgan fingerprint density at radius 1 is 1.14 bits per heavy atom. The van der Waals surface area contributed by atoms with E-state index in [1.54, 1.807) is 6.07 Å². The highest BCUT2D eigenvalue weighted by Gasteiger charge is 2.31. The third kappa shape index (κ3) is 6.09. The molecule has 1 aliphatic heterocycles. The number of nitrogens with one attached hydrogen (secondary N) is 1. The molecule has 9 heteroatoms. The molecule has 1 saturated heterocycles. The normalized spacial score (nSPS) is 16.3. The summed E-state index contributed by atoms with van der Waals surface area (Å²) in [6.45, 7) is 2.89. The molecule has 1 aliphatic rings. The average Bonchev–Trinajstić information content (AvgIpc) is 2.69. The van der Waals surface area contributed by atoms with Crippen LogP contribution in [-0.4, -0.2) is 50.0 Å². The van der Waals surface area contributed by atoms with E-state index in [1.165, 1.54) is 12.1 Å². The quantitative estimate of drug-likeness (QED) is 0.754. The summed E-state index contributed by atoms with van der Waals surface area (Å²) in [6, 6.07) is 12.1. The summed E-state index contributed by atoms with van der Waals surface area (Å²) in [6.07, 6.45) is -4.77. The fraction of sp³-hybridized carbons (Fsp3) is 0.350. The minimum Gasteiger partial charge on any atom is -0.406 e. The summed E-state index contributed by atoms with van der Waals surface area (Å²) in [5.74, 6) is -0.773. The van der Waals surface area contributed by atoms with Crippen molar-refractivity contribution in [1.82, 2.24) is 10.2 Å². The van der Waals surface area contributed by atoms with Gasteiger partial charge in [-0.15, -0.1) is 13.2 Å². The van der Waals surface area contributed by atoms with Gasteiger partial charge in [-0.1, -0.05) is 29.8 Å². The van der Waals surface area contributed by atoms with Crippen molar-refractivity contribution in [1.29, 1.82) is 0 Å². The molecule has 2 aromatic carbocycles. The first kappa shape index (κ1) is 21.4. The predicted molar refractivity (Wildman–Crippen MR) is 102 cm³/mol. The van der Waals surface area contributed by atoms with Crippen LogP contribution in [0.3, 0.4) is 0 Å². The second-order valence-corrected chi connectivity index (χ2v) is 6.88. The number of rotatable bonds is 6. The number of carbonyl (C=O) groups is 1. The van der Waals surface area contributed by atoms with E-state index >= 15 is 0 Å². The number of hydrogen-bond donors (Lipinski definition) is 1. The molecule has 0 bridgehead atoms. The van der Waals surface area contributed by atoms with Crippen molar-refractivity contribution in [3.63, 3.8) is 0 Å². The molecule has 1 heterocycles. The van der Waals surface area contributed by atoms with E-state index in [0.717, 1.165) is 17.7 Å². The van der Waals surface area contributed by atoms with Crippen molar-refractivity contribution in [3.8, 4) is 5.75 Å². The molecule has 0 radical (unpaired) electrons. The molecule has 0 aromatic heterocycles. The predicted octanol–water partition coefficient (Wildman–Crippen LogP) is 4.04. The van der Waals surface area contributed by atoms with Crippen LogP contribution in [0.4, 0.5) is 13.2 Å². The van der Waals surface area contributed by atoms with Gasteiger partial charge in [0.1, 0.15) is 5.75 Å². The Morgan fingerprint density at radius 3 is 2.41 bits per heavy atom. The molecule has 156 valence electrons. The molecule has 3 rings (SSSR count). The highest BCUT2D eigenvalue weighted by Crippen LogP contribution is 2.28. The number of hydrogen-bond acceptors (Lipinski definition) is 4. The Kier molecular flexibility index (Phi) is 7.00. The third-order valence-electron chi connectivity index (χ3n) is 4.56. The SMILES string of the molecule is O=C(NCC(c1ccccc1Cl)N1CCOCC1)c1ccc(OC(F)(F)F)cc1. The van der Waals surface area contributed by atoms with E-state index in [0.29, 0.717) is 37.9 Å². The molecule has 1 amide bonds. The topological polar surface area (TPSA) is 50.8 Å². The summed E-state index contributed by atoms with van der Waals surface area (Å²) in [5, 5.41) is 3.45. The highest BCUT2D eigenvalue weighted by atomic mass is 35.5. The Hall–Kier alpha value is -2.29. The zero-order valence-electron chi connectivity index (χ0n) is 15.4. The molecule has 1 N–H and O–H groups in total. The Bertz CT molecular complexity index is 824. The maximum Gasteiger partial charge on any atom is 0.573 e. The Balaban J connectivity index is 1.68. The maximum atomic E-state index is 12.5. The van der Waals surface area contributed by atoms with Gasteiger partial charge in [-0.3, -0.25) is 9.69 Å². The number of amides is 1. The average molecular weight is 429 g/mol. The van der Waals surface area contributed by atoms with Gasteiger partial charge in [0.2, 0.25) is 0 Å². The van der Waals surface area contributed by atoms with Gasteiger partial charge < -0.3 is 14.8 Å². The smallest absolute Gasteiger partial charge is 0.406 e. The van der Waals surface area contributed by atoms with Gasteiger partial charge in [-0.05, 0) is 35.9 Å². The van der Waals surface area contributed by atoms with Gasteiger partial charge in [0.15, 0.2) is 0 Å². The van der Waals surface area contributed by atoms with Crippen molar-refractivity contribution in [2.24, 2.45) is 0 Å².